The van der Waals surface area contributed by atoms with Gasteiger partial charge in [0.1, 0.15) is 5.78 Å². The Morgan fingerprint density at radius 3 is 2.83 bits per heavy atom. The quantitative estimate of drug-likeness (QED) is 0.704. The van der Waals surface area contributed by atoms with E-state index in [9.17, 15) is 4.79 Å². The molecule has 0 saturated heterocycles. The molecule has 66 valence electrons. The second-order valence-electron chi connectivity index (χ2n) is 2.77. The molecule has 12 heavy (non-hydrogen) atoms. The summed E-state index contributed by atoms with van der Waals surface area (Å²) < 4.78 is 1.73. The van der Waals surface area contributed by atoms with Crippen LogP contribution in [0.4, 0.5) is 0 Å². The molecule has 1 heterocycles. The molecular weight excluding hydrogens is 172 g/mol. The molecule has 0 aromatic carbocycles. The van der Waals surface area contributed by atoms with Gasteiger partial charge in [-0.2, -0.15) is 17.7 Å². The van der Waals surface area contributed by atoms with E-state index in [1.54, 1.807) is 4.68 Å². The molecule has 3 nitrogen and oxygen atoms in total. The van der Waals surface area contributed by atoms with E-state index >= 15 is 0 Å². The number of aryl methyl sites for hydroxylation is 2. The monoisotopic (exact) mass is 184 g/mol. The van der Waals surface area contributed by atoms with Crippen molar-refractivity contribution >= 4 is 18.4 Å². The van der Waals surface area contributed by atoms with Gasteiger partial charge in [0.15, 0.2) is 0 Å². The average Bonchev–Trinajstić information content (AvgIpc) is 2.30. The lowest BCUT2D eigenvalue weighted by atomic mass is 10.2. The second kappa shape index (κ2) is 3.76. The van der Waals surface area contributed by atoms with Crippen molar-refractivity contribution in [2.24, 2.45) is 7.05 Å². The van der Waals surface area contributed by atoms with Crippen molar-refractivity contribution in [3.63, 3.8) is 0 Å². The molecule has 1 rings (SSSR count). The van der Waals surface area contributed by atoms with Gasteiger partial charge in [0.05, 0.1) is 5.69 Å². The molecule has 0 aliphatic rings. The van der Waals surface area contributed by atoms with Crippen molar-refractivity contribution in [2.45, 2.75) is 13.3 Å². The van der Waals surface area contributed by atoms with Gasteiger partial charge >= 0.3 is 0 Å². The lowest BCUT2D eigenvalue weighted by Crippen LogP contribution is -2.08. The number of thiol groups is 1. The van der Waals surface area contributed by atoms with E-state index in [1.165, 1.54) is 0 Å². The van der Waals surface area contributed by atoms with Gasteiger partial charge in [-0.3, -0.25) is 9.48 Å². The maximum Gasteiger partial charge on any atom is 0.148 e. The van der Waals surface area contributed by atoms with Gasteiger partial charge in [0.25, 0.3) is 0 Å². The van der Waals surface area contributed by atoms with Crippen LogP contribution in [0.2, 0.25) is 0 Å². The van der Waals surface area contributed by atoms with Gasteiger partial charge in [-0.15, -0.1) is 0 Å². The number of Topliss-reactive ketones (excluding diaryl/α,β-unsaturated/α-hetero) is 1. The van der Waals surface area contributed by atoms with Crippen LogP contribution in [-0.2, 0) is 18.3 Å². The number of hydrogen-bond donors (Lipinski definition) is 1. The van der Waals surface area contributed by atoms with E-state index in [2.05, 4.69) is 17.7 Å². The fourth-order valence-corrected chi connectivity index (χ4v) is 1.20. The van der Waals surface area contributed by atoms with E-state index in [4.69, 9.17) is 0 Å². The van der Waals surface area contributed by atoms with Gasteiger partial charge < -0.3 is 0 Å². The summed E-state index contributed by atoms with van der Waals surface area (Å²) in [5.74, 6) is 0.422. The molecule has 0 aliphatic carbocycles. The fraction of sp³-hybridized carbons (Fsp3) is 0.500. The fourth-order valence-electron chi connectivity index (χ4n) is 1.09. The van der Waals surface area contributed by atoms with Crippen molar-refractivity contribution in [2.75, 3.05) is 5.75 Å². The standard InChI is InChI=1S/C8H12N2OS/c1-6-3-7(10(2)9-6)4-8(11)5-12/h3,12H,4-5H2,1-2H3. The minimum Gasteiger partial charge on any atom is -0.298 e. The summed E-state index contributed by atoms with van der Waals surface area (Å²) in [6.45, 7) is 1.91. The maximum absolute atomic E-state index is 11.0. The van der Waals surface area contributed by atoms with Crippen molar-refractivity contribution in [1.82, 2.24) is 9.78 Å². The molecule has 0 spiro atoms. The highest BCUT2D eigenvalue weighted by Gasteiger charge is 2.06. The van der Waals surface area contributed by atoms with Crippen molar-refractivity contribution in [3.8, 4) is 0 Å². The van der Waals surface area contributed by atoms with Crippen LogP contribution in [-0.4, -0.2) is 21.3 Å². The predicted molar refractivity (Wildman–Crippen MR) is 50.5 cm³/mol. The van der Waals surface area contributed by atoms with Crippen LogP contribution in [0.1, 0.15) is 11.4 Å². The number of ketones is 1. The van der Waals surface area contributed by atoms with Crippen LogP contribution < -0.4 is 0 Å². The minimum atomic E-state index is 0.126. The topological polar surface area (TPSA) is 34.9 Å². The van der Waals surface area contributed by atoms with Crippen LogP contribution in [0.15, 0.2) is 6.07 Å². The van der Waals surface area contributed by atoms with Gasteiger partial charge in [-0.1, -0.05) is 0 Å². The zero-order chi connectivity index (χ0) is 9.14. The van der Waals surface area contributed by atoms with Gasteiger partial charge in [-0.25, -0.2) is 0 Å². The summed E-state index contributed by atoms with van der Waals surface area (Å²) in [5.41, 5.74) is 1.89. The highest BCUT2D eigenvalue weighted by Crippen LogP contribution is 2.03. The molecule has 0 amide bonds. The smallest absolute Gasteiger partial charge is 0.148 e. The maximum atomic E-state index is 11.0. The third-order valence-corrected chi connectivity index (χ3v) is 2.01. The molecule has 0 fully saturated rings. The summed E-state index contributed by atoms with van der Waals surface area (Å²) >= 11 is 3.91. The van der Waals surface area contributed by atoms with Crippen LogP contribution in [0.5, 0.6) is 0 Å². The molecule has 0 N–H and O–H groups in total. The number of nitrogens with zero attached hydrogens (tertiary/aromatic N) is 2. The van der Waals surface area contributed by atoms with Crippen molar-refractivity contribution < 1.29 is 4.79 Å². The average molecular weight is 184 g/mol. The number of hydrogen-bond acceptors (Lipinski definition) is 3. The summed E-state index contributed by atoms with van der Waals surface area (Å²) in [6.07, 6.45) is 0.431. The summed E-state index contributed by atoms with van der Waals surface area (Å²) in [6, 6.07) is 1.92. The number of rotatable bonds is 3. The van der Waals surface area contributed by atoms with Gasteiger partial charge in [-0.05, 0) is 13.0 Å². The summed E-state index contributed by atoms with van der Waals surface area (Å²) in [5, 5.41) is 4.14. The van der Waals surface area contributed by atoms with E-state index < -0.39 is 0 Å². The predicted octanol–water partition coefficient (Wildman–Crippen LogP) is 0.770. The lowest BCUT2D eigenvalue weighted by Gasteiger charge is -1.97. The Labute approximate surface area is 77.2 Å². The first-order valence-electron chi connectivity index (χ1n) is 3.75. The first-order valence-corrected chi connectivity index (χ1v) is 4.39. The molecule has 0 unspecified atom stereocenters. The van der Waals surface area contributed by atoms with Crippen LogP contribution in [0.25, 0.3) is 0 Å². The Morgan fingerprint density at radius 2 is 2.42 bits per heavy atom. The normalized spacial score (nSPS) is 10.2. The Balaban J connectivity index is 2.75. The molecule has 0 saturated carbocycles. The third-order valence-electron chi connectivity index (χ3n) is 1.65. The molecule has 0 atom stereocenters. The third kappa shape index (κ3) is 2.11. The van der Waals surface area contributed by atoms with Gasteiger partial charge in [0.2, 0.25) is 0 Å². The van der Waals surface area contributed by atoms with E-state index in [1.807, 2.05) is 20.0 Å². The zero-order valence-corrected chi connectivity index (χ0v) is 8.14. The van der Waals surface area contributed by atoms with E-state index in [-0.39, 0.29) is 5.78 Å². The first kappa shape index (κ1) is 9.32. The Hall–Kier alpha value is -0.770. The lowest BCUT2D eigenvalue weighted by molar-refractivity contribution is -0.116. The Kier molecular flexibility index (Phi) is 2.92. The first-order chi connectivity index (χ1) is 5.63. The number of carbonyl (C=O) groups excluding carboxylic acids is 1. The largest absolute Gasteiger partial charge is 0.298 e. The molecule has 0 bridgehead atoms. The minimum absolute atomic E-state index is 0.126. The SMILES string of the molecule is Cc1cc(CC(=O)CS)n(C)n1. The van der Waals surface area contributed by atoms with E-state index in [0.717, 1.165) is 11.4 Å². The second-order valence-corrected chi connectivity index (χ2v) is 3.09. The van der Waals surface area contributed by atoms with E-state index in [0.29, 0.717) is 12.2 Å². The van der Waals surface area contributed by atoms with Crippen LogP contribution in [0, 0.1) is 6.92 Å². The zero-order valence-electron chi connectivity index (χ0n) is 7.24. The molecule has 0 aliphatic heterocycles. The van der Waals surface area contributed by atoms with Crippen LogP contribution >= 0.6 is 12.6 Å². The highest BCUT2D eigenvalue weighted by molar-refractivity contribution is 7.81. The summed E-state index contributed by atoms with van der Waals surface area (Å²) in [4.78, 5) is 11.0. The molecule has 0 radical (unpaired) electrons. The molecule has 1 aromatic rings. The molecule has 1 aromatic heterocycles. The van der Waals surface area contributed by atoms with Crippen LogP contribution in [0.3, 0.4) is 0 Å². The highest BCUT2D eigenvalue weighted by atomic mass is 32.1. The number of aromatic nitrogens is 2. The Bertz CT molecular complexity index is 293. The summed E-state index contributed by atoms with van der Waals surface area (Å²) in [7, 11) is 1.84. The van der Waals surface area contributed by atoms with Crippen molar-refractivity contribution in [1.29, 1.82) is 0 Å². The van der Waals surface area contributed by atoms with Crippen molar-refractivity contribution in [3.05, 3.63) is 17.5 Å². The molecular formula is C8H12N2OS. The van der Waals surface area contributed by atoms with Gasteiger partial charge in [0, 0.05) is 24.9 Å². The molecule has 4 heteroatoms. The number of carbonyl (C=O) groups is 1. The Morgan fingerprint density at radius 1 is 1.75 bits per heavy atom.